The lowest BCUT2D eigenvalue weighted by Gasteiger charge is -2.39. The normalized spacial score (nSPS) is 19.3. The Morgan fingerprint density at radius 2 is 2.29 bits per heavy atom. The number of hydrogen-bond acceptors (Lipinski definition) is 5. The van der Waals surface area contributed by atoms with E-state index in [-0.39, 0.29) is 17.7 Å². The molecular formula is C14H21N3O4. The summed E-state index contributed by atoms with van der Waals surface area (Å²) < 4.78 is 6.83. The van der Waals surface area contributed by atoms with Gasteiger partial charge in [0.1, 0.15) is 0 Å². The van der Waals surface area contributed by atoms with Crippen LogP contribution in [0.5, 0.6) is 0 Å². The molecule has 0 bridgehead atoms. The maximum absolute atomic E-state index is 12.1. The van der Waals surface area contributed by atoms with E-state index >= 15 is 0 Å². The Morgan fingerprint density at radius 1 is 1.57 bits per heavy atom. The van der Waals surface area contributed by atoms with Crippen LogP contribution in [0.3, 0.4) is 0 Å². The number of carbonyl (C=O) groups is 1. The average molecular weight is 295 g/mol. The molecule has 21 heavy (non-hydrogen) atoms. The third kappa shape index (κ3) is 3.81. The maximum Gasteiger partial charge on any atom is 0.308 e. The summed E-state index contributed by atoms with van der Waals surface area (Å²) in [4.78, 5) is 24.9. The van der Waals surface area contributed by atoms with Gasteiger partial charge in [0, 0.05) is 19.2 Å². The first-order chi connectivity index (χ1) is 9.78. The van der Waals surface area contributed by atoms with Crippen LogP contribution in [0.2, 0.25) is 0 Å². The van der Waals surface area contributed by atoms with Gasteiger partial charge in [-0.1, -0.05) is 6.92 Å². The van der Waals surface area contributed by atoms with Crippen molar-refractivity contribution in [3.63, 3.8) is 0 Å². The van der Waals surface area contributed by atoms with Crippen LogP contribution in [0, 0.1) is 5.92 Å². The van der Waals surface area contributed by atoms with Gasteiger partial charge in [-0.05, 0) is 13.8 Å². The van der Waals surface area contributed by atoms with E-state index in [1.54, 1.807) is 13.1 Å². The van der Waals surface area contributed by atoms with Gasteiger partial charge in [-0.3, -0.25) is 9.59 Å². The van der Waals surface area contributed by atoms with E-state index in [4.69, 9.17) is 9.84 Å². The summed E-state index contributed by atoms with van der Waals surface area (Å²) in [5.41, 5.74) is 0.200. The van der Waals surface area contributed by atoms with Crippen molar-refractivity contribution in [2.45, 2.75) is 32.9 Å². The van der Waals surface area contributed by atoms with Crippen molar-refractivity contribution in [1.82, 2.24) is 9.78 Å². The number of nitrogens with zero attached hydrogens (tertiary/aromatic N) is 3. The number of carboxylic acids is 1. The summed E-state index contributed by atoms with van der Waals surface area (Å²) in [6.45, 7) is 7.62. The van der Waals surface area contributed by atoms with E-state index in [9.17, 15) is 9.59 Å². The van der Waals surface area contributed by atoms with Gasteiger partial charge in [0.25, 0.3) is 5.56 Å². The Balaban J connectivity index is 2.15. The molecule has 2 rings (SSSR count). The van der Waals surface area contributed by atoms with Gasteiger partial charge in [-0.15, -0.1) is 0 Å². The number of ether oxygens (including phenoxy) is 1. The number of rotatable bonds is 4. The highest BCUT2D eigenvalue weighted by atomic mass is 16.5. The quantitative estimate of drug-likeness (QED) is 0.874. The smallest absolute Gasteiger partial charge is 0.308 e. The fraction of sp³-hybridized carbons (Fsp3) is 0.643. The minimum Gasteiger partial charge on any atom is -0.481 e. The van der Waals surface area contributed by atoms with Gasteiger partial charge < -0.3 is 14.7 Å². The fourth-order valence-corrected chi connectivity index (χ4v) is 2.31. The van der Waals surface area contributed by atoms with Crippen molar-refractivity contribution >= 4 is 11.7 Å². The molecule has 0 saturated carbocycles. The Bertz CT molecular complexity index is 582. The minimum atomic E-state index is -0.942. The van der Waals surface area contributed by atoms with E-state index in [0.29, 0.717) is 19.7 Å². The van der Waals surface area contributed by atoms with Gasteiger partial charge in [0.05, 0.1) is 36.6 Å². The van der Waals surface area contributed by atoms with Gasteiger partial charge in [-0.25, -0.2) is 4.68 Å². The van der Waals surface area contributed by atoms with E-state index in [2.05, 4.69) is 10.00 Å². The molecule has 1 aliphatic rings. The van der Waals surface area contributed by atoms with Crippen molar-refractivity contribution in [2.24, 2.45) is 5.92 Å². The molecule has 1 N–H and O–H groups in total. The van der Waals surface area contributed by atoms with E-state index in [0.717, 1.165) is 5.69 Å². The molecule has 2 heterocycles. The van der Waals surface area contributed by atoms with Gasteiger partial charge >= 0.3 is 5.97 Å². The predicted octanol–water partition coefficient (Wildman–Crippen LogP) is 0.579. The first kappa shape index (κ1) is 15.5. The third-order valence-electron chi connectivity index (χ3n) is 3.51. The molecule has 1 aromatic rings. The van der Waals surface area contributed by atoms with Gasteiger partial charge in [-0.2, -0.15) is 5.10 Å². The van der Waals surface area contributed by atoms with E-state index < -0.39 is 11.9 Å². The molecule has 1 unspecified atom stereocenters. The molecule has 7 nitrogen and oxygen atoms in total. The number of aliphatic carboxylic acids is 1. The standard InChI is InChI=1S/C14H21N3O4/c1-10(13(19)20)8-17-12(18)6-11(7-15-17)16-4-5-21-14(2,3)9-16/h6-7,10H,4-5,8-9H2,1-3H3,(H,19,20). The van der Waals surface area contributed by atoms with E-state index in [1.807, 2.05) is 13.8 Å². The SMILES string of the molecule is CC(Cn1ncc(N2CCOC(C)(C)C2)cc1=O)C(=O)O. The Labute approximate surface area is 123 Å². The molecule has 0 aromatic carbocycles. The summed E-state index contributed by atoms with van der Waals surface area (Å²) in [5.74, 6) is -1.59. The Hall–Kier alpha value is -1.89. The second kappa shape index (κ2) is 5.85. The zero-order chi connectivity index (χ0) is 15.6. The minimum absolute atomic E-state index is 0.0725. The van der Waals surface area contributed by atoms with Crippen molar-refractivity contribution in [3.8, 4) is 0 Å². The summed E-state index contributed by atoms with van der Waals surface area (Å²) in [7, 11) is 0. The lowest BCUT2D eigenvalue weighted by Crippen LogP contribution is -2.48. The van der Waals surface area contributed by atoms with Crippen molar-refractivity contribution in [1.29, 1.82) is 0 Å². The summed E-state index contributed by atoms with van der Waals surface area (Å²) in [6, 6.07) is 1.50. The number of anilines is 1. The number of morpholine rings is 1. The van der Waals surface area contributed by atoms with Crippen LogP contribution >= 0.6 is 0 Å². The number of aromatic nitrogens is 2. The summed E-state index contributed by atoms with van der Waals surface area (Å²) in [5, 5.41) is 13.0. The molecule has 0 amide bonds. The fourth-order valence-electron chi connectivity index (χ4n) is 2.31. The summed E-state index contributed by atoms with van der Waals surface area (Å²) >= 11 is 0. The monoisotopic (exact) mass is 295 g/mol. The van der Waals surface area contributed by atoms with Crippen molar-refractivity contribution in [3.05, 3.63) is 22.6 Å². The second-order valence-electron chi connectivity index (χ2n) is 6.00. The highest BCUT2D eigenvalue weighted by Crippen LogP contribution is 2.21. The van der Waals surface area contributed by atoms with Crippen LogP contribution in [0.15, 0.2) is 17.1 Å². The van der Waals surface area contributed by atoms with Crippen LogP contribution in [0.4, 0.5) is 5.69 Å². The first-order valence-electron chi connectivity index (χ1n) is 6.97. The van der Waals surface area contributed by atoms with Crippen LogP contribution in [-0.4, -0.2) is 46.2 Å². The van der Waals surface area contributed by atoms with Crippen LogP contribution in [0.25, 0.3) is 0 Å². The molecule has 1 fully saturated rings. The molecule has 0 aliphatic carbocycles. The zero-order valence-corrected chi connectivity index (χ0v) is 12.6. The Kier molecular flexibility index (Phi) is 4.32. The highest BCUT2D eigenvalue weighted by Gasteiger charge is 2.27. The lowest BCUT2D eigenvalue weighted by atomic mass is 10.1. The van der Waals surface area contributed by atoms with Crippen LogP contribution in [0.1, 0.15) is 20.8 Å². The molecule has 1 aliphatic heterocycles. The first-order valence-corrected chi connectivity index (χ1v) is 6.97. The summed E-state index contributed by atoms with van der Waals surface area (Å²) in [6.07, 6.45) is 1.61. The second-order valence-corrected chi connectivity index (χ2v) is 6.00. The number of hydrogen-bond donors (Lipinski definition) is 1. The van der Waals surface area contributed by atoms with Gasteiger partial charge in [0.15, 0.2) is 0 Å². The number of carboxylic acid groups (broad SMARTS) is 1. The van der Waals surface area contributed by atoms with Crippen molar-refractivity contribution in [2.75, 3.05) is 24.6 Å². The molecule has 1 atom stereocenters. The molecule has 116 valence electrons. The largest absolute Gasteiger partial charge is 0.481 e. The van der Waals surface area contributed by atoms with Gasteiger partial charge in [0.2, 0.25) is 0 Å². The molecule has 1 saturated heterocycles. The highest BCUT2D eigenvalue weighted by molar-refractivity contribution is 5.69. The van der Waals surface area contributed by atoms with E-state index in [1.165, 1.54) is 10.7 Å². The topological polar surface area (TPSA) is 84.7 Å². The maximum atomic E-state index is 12.1. The Morgan fingerprint density at radius 3 is 2.86 bits per heavy atom. The zero-order valence-electron chi connectivity index (χ0n) is 12.6. The van der Waals surface area contributed by atoms with Crippen molar-refractivity contribution < 1.29 is 14.6 Å². The molecule has 7 heteroatoms. The predicted molar refractivity (Wildman–Crippen MR) is 77.5 cm³/mol. The third-order valence-corrected chi connectivity index (χ3v) is 3.51. The van der Waals surface area contributed by atoms with Crippen LogP contribution in [-0.2, 0) is 16.1 Å². The lowest BCUT2D eigenvalue weighted by molar-refractivity contribution is -0.141. The average Bonchev–Trinajstić information content (AvgIpc) is 2.39. The molecule has 1 aromatic heterocycles. The molecule has 0 radical (unpaired) electrons. The molecular weight excluding hydrogens is 274 g/mol. The van der Waals surface area contributed by atoms with Crippen LogP contribution < -0.4 is 10.5 Å². The molecule has 0 spiro atoms.